The molecule has 94 valence electrons. The SMILES string of the molecule is CCC(C)CN(C)c1c(N)cccc1C(N)=O. The van der Waals surface area contributed by atoms with Crippen molar-refractivity contribution >= 4 is 17.3 Å². The standard InChI is InChI=1S/C13H21N3O/c1-4-9(2)8-16(3)12-10(13(15)17)6-5-7-11(12)14/h5-7,9H,4,8,14H2,1-3H3,(H2,15,17). The lowest BCUT2D eigenvalue weighted by Gasteiger charge is -2.25. The minimum absolute atomic E-state index is 0.441. The summed E-state index contributed by atoms with van der Waals surface area (Å²) in [6.45, 7) is 5.16. The second kappa shape index (κ2) is 5.57. The number of hydrogen-bond donors (Lipinski definition) is 2. The fraction of sp³-hybridized carbons (Fsp3) is 0.462. The van der Waals surface area contributed by atoms with Crippen LogP contribution in [0.3, 0.4) is 0 Å². The lowest BCUT2D eigenvalue weighted by Crippen LogP contribution is -2.27. The number of nitrogens with two attached hydrogens (primary N) is 2. The molecule has 1 aromatic carbocycles. The quantitative estimate of drug-likeness (QED) is 0.765. The molecule has 1 atom stereocenters. The highest BCUT2D eigenvalue weighted by Crippen LogP contribution is 2.27. The molecule has 4 heteroatoms. The highest BCUT2D eigenvalue weighted by molar-refractivity contribution is 6.01. The average molecular weight is 235 g/mol. The summed E-state index contributed by atoms with van der Waals surface area (Å²) in [5.74, 6) is 0.101. The van der Waals surface area contributed by atoms with E-state index in [1.807, 2.05) is 11.9 Å². The smallest absolute Gasteiger partial charge is 0.250 e. The molecule has 0 aliphatic heterocycles. The number of primary amides is 1. The molecular weight excluding hydrogens is 214 g/mol. The molecule has 4 N–H and O–H groups in total. The number of carbonyl (C=O) groups excluding carboxylic acids is 1. The van der Waals surface area contributed by atoms with Crippen molar-refractivity contribution in [3.8, 4) is 0 Å². The van der Waals surface area contributed by atoms with Crippen LogP contribution in [0.2, 0.25) is 0 Å². The monoisotopic (exact) mass is 235 g/mol. The summed E-state index contributed by atoms with van der Waals surface area (Å²) in [7, 11) is 1.93. The van der Waals surface area contributed by atoms with Crippen LogP contribution in [0.4, 0.5) is 11.4 Å². The van der Waals surface area contributed by atoms with Gasteiger partial charge in [-0.15, -0.1) is 0 Å². The first-order valence-electron chi connectivity index (χ1n) is 5.86. The first-order valence-corrected chi connectivity index (χ1v) is 5.86. The number of hydrogen-bond acceptors (Lipinski definition) is 3. The van der Waals surface area contributed by atoms with Crippen LogP contribution in [0.15, 0.2) is 18.2 Å². The summed E-state index contributed by atoms with van der Waals surface area (Å²) < 4.78 is 0. The van der Waals surface area contributed by atoms with Gasteiger partial charge in [-0.05, 0) is 18.1 Å². The number of benzene rings is 1. The fourth-order valence-corrected chi connectivity index (χ4v) is 1.87. The number of anilines is 2. The van der Waals surface area contributed by atoms with Gasteiger partial charge >= 0.3 is 0 Å². The third kappa shape index (κ3) is 3.12. The van der Waals surface area contributed by atoms with Gasteiger partial charge < -0.3 is 16.4 Å². The number of para-hydroxylation sites is 1. The summed E-state index contributed by atoms with van der Waals surface area (Å²) in [5, 5.41) is 0. The predicted octanol–water partition coefficient (Wildman–Crippen LogP) is 1.85. The molecule has 1 rings (SSSR count). The molecule has 0 fully saturated rings. The Labute approximate surface area is 103 Å². The van der Waals surface area contributed by atoms with Gasteiger partial charge in [-0.1, -0.05) is 26.3 Å². The number of carbonyl (C=O) groups is 1. The van der Waals surface area contributed by atoms with Crippen molar-refractivity contribution < 1.29 is 4.79 Å². The van der Waals surface area contributed by atoms with Crippen molar-refractivity contribution in [3.63, 3.8) is 0 Å². The second-order valence-corrected chi connectivity index (χ2v) is 4.50. The molecule has 0 saturated carbocycles. The predicted molar refractivity (Wildman–Crippen MR) is 72.1 cm³/mol. The highest BCUT2D eigenvalue weighted by atomic mass is 16.1. The van der Waals surface area contributed by atoms with Crippen LogP contribution >= 0.6 is 0 Å². The third-order valence-electron chi connectivity index (χ3n) is 3.00. The van der Waals surface area contributed by atoms with Crippen molar-refractivity contribution in [1.82, 2.24) is 0 Å². The molecule has 0 spiro atoms. The number of amides is 1. The summed E-state index contributed by atoms with van der Waals surface area (Å²) in [4.78, 5) is 13.4. The Morgan fingerprint density at radius 1 is 1.47 bits per heavy atom. The average Bonchev–Trinajstić information content (AvgIpc) is 2.28. The third-order valence-corrected chi connectivity index (χ3v) is 3.00. The van der Waals surface area contributed by atoms with Crippen molar-refractivity contribution in [2.75, 3.05) is 24.2 Å². The molecule has 0 aliphatic carbocycles. The van der Waals surface area contributed by atoms with E-state index in [0.29, 0.717) is 17.2 Å². The minimum Gasteiger partial charge on any atom is -0.397 e. The van der Waals surface area contributed by atoms with Gasteiger partial charge in [0.05, 0.1) is 16.9 Å². The van der Waals surface area contributed by atoms with Crippen LogP contribution in [0.25, 0.3) is 0 Å². The second-order valence-electron chi connectivity index (χ2n) is 4.50. The van der Waals surface area contributed by atoms with E-state index < -0.39 is 5.91 Å². The van der Waals surface area contributed by atoms with E-state index in [9.17, 15) is 4.79 Å². The van der Waals surface area contributed by atoms with Crippen LogP contribution < -0.4 is 16.4 Å². The molecule has 4 nitrogen and oxygen atoms in total. The van der Waals surface area contributed by atoms with E-state index in [-0.39, 0.29) is 0 Å². The van der Waals surface area contributed by atoms with Gasteiger partial charge in [0.2, 0.25) is 0 Å². The largest absolute Gasteiger partial charge is 0.397 e. The molecule has 0 aliphatic rings. The molecular formula is C13H21N3O. The van der Waals surface area contributed by atoms with Gasteiger partial charge in [0.25, 0.3) is 5.91 Å². The molecule has 17 heavy (non-hydrogen) atoms. The van der Waals surface area contributed by atoms with Crippen molar-refractivity contribution in [2.24, 2.45) is 11.7 Å². The Morgan fingerprint density at radius 2 is 2.12 bits per heavy atom. The summed E-state index contributed by atoms with van der Waals surface area (Å²) in [5.41, 5.74) is 13.1. The Bertz CT molecular complexity index is 404. The molecule has 1 amide bonds. The van der Waals surface area contributed by atoms with E-state index in [2.05, 4.69) is 13.8 Å². The first-order chi connectivity index (χ1) is 7.97. The summed E-state index contributed by atoms with van der Waals surface area (Å²) >= 11 is 0. The van der Waals surface area contributed by atoms with Crippen molar-refractivity contribution in [1.29, 1.82) is 0 Å². The van der Waals surface area contributed by atoms with E-state index in [1.54, 1.807) is 18.2 Å². The Balaban J connectivity index is 3.06. The summed E-state index contributed by atoms with van der Waals surface area (Å²) in [6, 6.07) is 5.24. The lowest BCUT2D eigenvalue weighted by atomic mass is 10.1. The molecule has 1 unspecified atom stereocenters. The van der Waals surface area contributed by atoms with Gasteiger partial charge in [0.15, 0.2) is 0 Å². The number of nitrogens with zero attached hydrogens (tertiary/aromatic N) is 1. The van der Waals surface area contributed by atoms with Gasteiger partial charge in [0, 0.05) is 13.6 Å². The Hall–Kier alpha value is -1.71. The Morgan fingerprint density at radius 3 is 2.65 bits per heavy atom. The van der Waals surface area contributed by atoms with Gasteiger partial charge in [0.1, 0.15) is 0 Å². The summed E-state index contributed by atoms with van der Waals surface area (Å²) in [6.07, 6.45) is 1.09. The van der Waals surface area contributed by atoms with Gasteiger partial charge in [-0.2, -0.15) is 0 Å². The van der Waals surface area contributed by atoms with Crippen molar-refractivity contribution in [3.05, 3.63) is 23.8 Å². The minimum atomic E-state index is -0.441. The molecule has 0 radical (unpaired) electrons. The zero-order valence-electron chi connectivity index (χ0n) is 10.7. The van der Waals surface area contributed by atoms with Crippen LogP contribution in [0.5, 0.6) is 0 Å². The zero-order valence-corrected chi connectivity index (χ0v) is 10.7. The van der Waals surface area contributed by atoms with Crippen LogP contribution in [-0.2, 0) is 0 Å². The van der Waals surface area contributed by atoms with E-state index in [1.165, 1.54) is 0 Å². The maximum absolute atomic E-state index is 11.4. The molecule has 0 saturated heterocycles. The van der Waals surface area contributed by atoms with Gasteiger partial charge in [-0.3, -0.25) is 4.79 Å². The van der Waals surface area contributed by atoms with Crippen LogP contribution in [0.1, 0.15) is 30.6 Å². The number of rotatable bonds is 5. The van der Waals surface area contributed by atoms with Crippen LogP contribution in [0, 0.1) is 5.92 Å². The Kier molecular flexibility index (Phi) is 4.37. The van der Waals surface area contributed by atoms with E-state index in [0.717, 1.165) is 18.7 Å². The van der Waals surface area contributed by atoms with E-state index in [4.69, 9.17) is 11.5 Å². The number of nitrogen functional groups attached to an aromatic ring is 1. The fourth-order valence-electron chi connectivity index (χ4n) is 1.87. The van der Waals surface area contributed by atoms with Gasteiger partial charge in [-0.25, -0.2) is 0 Å². The maximum Gasteiger partial charge on any atom is 0.250 e. The topological polar surface area (TPSA) is 72.3 Å². The first kappa shape index (κ1) is 13.4. The molecule has 1 aromatic rings. The molecule has 0 heterocycles. The van der Waals surface area contributed by atoms with Crippen LogP contribution in [-0.4, -0.2) is 19.5 Å². The maximum atomic E-state index is 11.4. The lowest BCUT2D eigenvalue weighted by molar-refractivity contribution is 0.100. The normalized spacial score (nSPS) is 12.2. The van der Waals surface area contributed by atoms with Crippen molar-refractivity contribution in [2.45, 2.75) is 20.3 Å². The van der Waals surface area contributed by atoms with E-state index >= 15 is 0 Å². The highest BCUT2D eigenvalue weighted by Gasteiger charge is 2.16. The molecule has 0 aromatic heterocycles. The molecule has 0 bridgehead atoms. The zero-order chi connectivity index (χ0) is 13.0.